The quantitative estimate of drug-likeness (QED) is 0.698. The molecule has 2 saturated heterocycles. The van der Waals surface area contributed by atoms with Gasteiger partial charge in [0, 0.05) is 51.2 Å². The Kier molecular flexibility index (Phi) is 7.21. The molecule has 2 heterocycles. The first-order valence-corrected chi connectivity index (χ1v) is 9.21. The van der Waals surface area contributed by atoms with Gasteiger partial charge in [0.15, 0.2) is 0 Å². The topological polar surface area (TPSA) is 9.72 Å². The zero-order chi connectivity index (χ0) is 15.9. The lowest BCUT2D eigenvalue weighted by atomic mass is 10.0. The van der Waals surface area contributed by atoms with E-state index in [1.807, 2.05) is 0 Å². The van der Waals surface area contributed by atoms with Crippen molar-refractivity contribution in [1.29, 1.82) is 0 Å². The smallest absolute Gasteiger partial charge is 0.0602 e. The Bertz CT molecular complexity index is 366. The second-order valence-electron chi connectivity index (χ2n) is 7.74. The largest absolute Gasteiger partial charge is 0.300 e. The molecule has 0 unspecified atom stereocenters. The number of hydrogen-bond donors (Lipinski definition) is 0. The van der Waals surface area contributed by atoms with Crippen molar-refractivity contribution < 1.29 is 0 Å². The molecule has 0 bridgehead atoms. The number of piperazine rings is 1. The molecule has 0 aromatic heterocycles. The zero-order valence-corrected chi connectivity index (χ0v) is 15.1. The molecule has 0 atom stereocenters. The number of likely N-dealkylation sites (tertiary alicyclic amines) is 1. The molecule has 0 aromatic carbocycles. The van der Waals surface area contributed by atoms with Crippen LogP contribution in [0.5, 0.6) is 0 Å². The average molecular weight is 306 g/mol. The molecule has 0 aromatic rings. The van der Waals surface area contributed by atoms with Crippen molar-refractivity contribution in [2.45, 2.75) is 46.6 Å². The minimum Gasteiger partial charge on any atom is -0.300 e. The fourth-order valence-corrected chi connectivity index (χ4v) is 3.33. The molecule has 126 valence electrons. The maximum absolute atomic E-state index is 3.32. The van der Waals surface area contributed by atoms with Gasteiger partial charge in [0.1, 0.15) is 0 Å². The molecular weight excluding hydrogens is 270 g/mol. The van der Waals surface area contributed by atoms with Crippen LogP contribution in [-0.2, 0) is 0 Å². The minimum absolute atomic E-state index is 0.498. The maximum atomic E-state index is 3.32. The highest BCUT2D eigenvalue weighted by molar-refractivity contribution is 5.04. The summed E-state index contributed by atoms with van der Waals surface area (Å²) in [5, 5.41) is 0. The third-order valence-electron chi connectivity index (χ3n) is 4.81. The average Bonchev–Trinajstić information content (AvgIpc) is 2.42. The summed E-state index contributed by atoms with van der Waals surface area (Å²) in [7, 11) is 0. The van der Waals surface area contributed by atoms with E-state index in [2.05, 4.69) is 54.2 Å². The van der Waals surface area contributed by atoms with Crippen molar-refractivity contribution in [3.63, 3.8) is 0 Å². The molecule has 2 aliphatic rings. The first-order chi connectivity index (χ1) is 10.5. The first kappa shape index (κ1) is 17.8. The highest BCUT2D eigenvalue weighted by Crippen LogP contribution is 2.18. The van der Waals surface area contributed by atoms with Gasteiger partial charge in [0.25, 0.3) is 0 Å². The standard InChI is InChI=1S/C19H35N3/c1-17(2)7-5-9-20-11-13-22(14-12-20)19-15-21(16-19)10-6-8-18(3)4/h17-19H,6,8-16H2,1-4H3. The fourth-order valence-electron chi connectivity index (χ4n) is 3.33. The molecule has 0 saturated carbocycles. The summed E-state index contributed by atoms with van der Waals surface area (Å²) in [5.74, 6) is 7.93. The first-order valence-electron chi connectivity index (χ1n) is 9.21. The van der Waals surface area contributed by atoms with Crippen LogP contribution in [0.1, 0.15) is 40.5 Å². The van der Waals surface area contributed by atoms with E-state index in [0.29, 0.717) is 5.92 Å². The van der Waals surface area contributed by atoms with Crippen molar-refractivity contribution >= 4 is 0 Å². The van der Waals surface area contributed by atoms with Gasteiger partial charge in [-0.25, -0.2) is 0 Å². The Labute approximate surface area is 138 Å². The van der Waals surface area contributed by atoms with E-state index in [4.69, 9.17) is 0 Å². The molecule has 2 aliphatic heterocycles. The van der Waals surface area contributed by atoms with Crippen LogP contribution in [0.4, 0.5) is 0 Å². The van der Waals surface area contributed by atoms with Gasteiger partial charge in [-0.3, -0.25) is 9.80 Å². The van der Waals surface area contributed by atoms with Crippen molar-refractivity contribution in [2.75, 3.05) is 52.4 Å². The summed E-state index contributed by atoms with van der Waals surface area (Å²) < 4.78 is 0. The van der Waals surface area contributed by atoms with E-state index in [1.165, 1.54) is 58.7 Å². The van der Waals surface area contributed by atoms with Gasteiger partial charge in [-0.05, 0) is 25.3 Å². The molecule has 3 heteroatoms. The number of nitrogens with zero attached hydrogens (tertiary/aromatic N) is 3. The summed E-state index contributed by atoms with van der Waals surface area (Å²) in [5.41, 5.74) is 0. The van der Waals surface area contributed by atoms with Gasteiger partial charge in [-0.15, -0.1) is 0 Å². The molecule has 0 spiro atoms. The van der Waals surface area contributed by atoms with Crippen molar-refractivity contribution in [3.05, 3.63) is 0 Å². The molecule has 22 heavy (non-hydrogen) atoms. The number of rotatable bonds is 6. The van der Waals surface area contributed by atoms with Crippen LogP contribution in [0, 0.1) is 23.7 Å². The molecule has 3 nitrogen and oxygen atoms in total. The van der Waals surface area contributed by atoms with Crippen molar-refractivity contribution in [2.24, 2.45) is 11.8 Å². The second kappa shape index (κ2) is 8.91. The Hall–Kier alpha value is -0.560. The van der Waals surface area contributed by atoms with Gasteiger partial charge < -0.3 is 4.90 Å². The van der Waals surface area contributed by atoms with Crippen LogP contribution in [0.15, 0.2) is 0 Å². The predicted molar refractivity (Wildman–Crippen MR) is 94.9 cm³/mol. The van der Waals surface area contributed by atoms with E-state index >= 15 is 0 Å². The van der Waals surface area contributed by atoms with Crippen LogP contribution in [-0.4, -0.2) is 73.1 Å². The monoisotopic (exact) mass is 305 g/mol. The lowest BCUT2D eigenvalue weighted by Crippen LogP contribution is -2.63. The van der Waals surface area contributed by atoms with Gasteiger partial charge in [-0.2, -0.15) is 0 Å². The molecule has 2 rings (SSSR count). The fraction of sp³-hybridized carbons (Fsp3) is 0.895. The summed E-state index contributed by atoms with van der Waals surface area (Å²) in [6.07, 6.45) is 2.74. The molecule has 0 aliphatic carbocycles. The second-order valence-corrected chi connectivity index (χ2v) is 7.74. The normalized spacial score (nSPS) is 21.9. The molecular formula is C19H35N3. The van der Waals surface area contributed by atoms with Gasteiger partial charge in [0.05, 0.1) is 6.54 Å². The summed E-state index contributed by atoms with van der Waals surface area (Å²) in [4.78, 5) is 7.84. The Balaban J connectivity index is 1.56. The number of hydrogen-bond acceptors (Lipinski definition) is 3. The van der Waals surface area contributed by atoms with E-state index in [9.17, 15) is 0 Å². The van der Waals surface area contributed by atoms with Gasteiger partial charge >= 0.3 is 0 Å². The highest BCUT2D eigenvalue weighted by atomic mass is 15.3. The summed E-state index contributed by atoms with van der Waals surface area (Å²) in [6, 6.07) is 0.822. The van der Waals surface area contributed by atoms with Crippen LogP contribution in [0.3, 0.4) is 0 Å². The van der Waals surface area contributed by atoms with Crippen LogP contribution >= 0.6 is 0 Å². The van der Waals surface area contributed by atoms with Crippen LogP contribution < -0.4 is 0 Å². The van der Waals surface area contributed by atoms with Crippen molar-refractivity contribution in [3.8, 4) is 11.8 Å². The van der Waals surface area contributed by atoms with E-state index in [0.717, 1.165) is 18.5 Å². The van der Waals surface area contributed by atoms with Gasteiger partial charge in [0.2, 0.25) is 0 Å². The molecule has 0 N–H and O–H groups in total. The minimum atomic E-state index is 0.498. The molecule has 2 fully saturated rings. The molecule has 0 radical (unpaired) electrons. The predicted octanol–water partition coefficient (Wildman–Crippen LogP) is 2.38. The van der Waals surface area contributed by atoms with Gasteiger partial charge in [-0.1, -0.05) is 39.5 Å². The van der Waals surface area contributed by atoms with E-state index < -0.39 is 0 Å². The Morgan fingerprint density at radius 2 is 1.64 bits per heavy atom. The van der Waals surface area contributed by atoms with Crippen molar-refractivity contribution in [1.82, 2.24) is 14.7 Å². The lowest BCUT2D eigenvalue weighted by molar-refractivity contribution is 0.00659. The van der Waals surface area contributed by atoms with Crippen LogP contribution in [0.2, 0.25) is 0 Å². The Morgan fingerprint density at radius 1 is 0.955 bits per heavy atom. The maximum Gasteiger partial charge on any atom is 0.0602 e. The lowest BCUT2D eigenvalue weighted by Gasteiger charge is -2.48. The third kappa shape index (κ3) is 5.91. The third-order valence-corrected chi connectivity index (χ3v) is 4.81. The van der Waals surface area contributed by atoms with E-state index in [-0.39, 0.29) is 0 Å². The zero-order valence-electron chi connectivity index (χ0n) is 15.1. The SMILES string of the molecule is CC(C)C#CCN1CCN(C2CN(CCCC(C)C)C2)CC1. The Morgan fingerprint density at radius 3 is 2.23 bits per heavy atom. The van der Waals surface area contributed by atoms with E-state index in [1.54, 1.807) is 0 Å². The summed E-state index contributed by atoms with van der Waals surface area (Å²) >= 11 is 0. The van der Waals surface area contributed by atoms with Crippen LogP contribution in [0.25, 0.3) is 0 Å². The highest BCUT2D eigenvalue weighted by Gasteiger charge is 2.32. The summed E-state index contributed by atoms with van der Waals surface area (Å²) in [6.45, 7) is 18.7. The molecule has 0 amide bonds.